The number of benzene rings is 2. The van der Waals surface area contributed by atoms with Crippen LogP contribution in [0.1, 0.15) is 17.3 Å². The molecule has 188 valence electrons. The molecule has 0 spiro atoms. The molecule has 1 unspecified atom stereocenters. The summed E-state index contributed by atoms with van der Waals surface area (Å²) in [7, 11) is 0. The average molecular weight is 499 g/mol. The summed E-state index contributed by atoms with van der Waals surface area (Å²) in [6.07, 6.45) is -1.69. The van der Waals surface area contributed by atoms with Crippen molar-refractivity contribution in [2.45, 2.75) is 6.36 Å². The highest BCUT2D eigenvalue weighted by molar-refractivity contribution is 5.97. The summed E-state index contributed by atoms with van der Waals surface area (Å²) in [4.78, 5) is 29.5. The Morgan fingerprint density at radius 3 is 2.17 bits per heavy atom. The summed E-state index contributed by atoms with van der Waals surface area (Å²) in [6.45, 7) is 2.68. The van der Waals surface area contributed by atoms with Crippen molar-refractivity contribution in [3.05, 3.63) is 59.7 Å². The van der Waals surface area contributed by atoms with Crippen molar-refractivity contribution < 1.29 is 28.9 Å². The van der Waals surface area contributed by atoms with E-state index < -0.39 is 6.36 Å². The summed E-state index contributed by atoms with van der Waals surface area (Å²) in [5, 5.41) is 10.6. The minimum Gasteiger partial charge on any atom is -0.406 e. The number of hydrogen-bond donors (Lipinski definition) is 1. The van der Waals surface area contributed by atoms with Crippen molar-refractivity contribution in [2.24, 2.45) is 23.7 Å². The molecule has 0 radical (unpaired) electrons. The van der Waals surface area contributed by atoms with Gasteiger partial charge in [0.1, 0.15) is 16.8 Å². The van der Waals surface area contributed by atoms with Gasteiger partial charge in [-0.3, -0.25) is 9.59 Å². The first-order valence-corrected chi connectivity index (χ1v) is 11.7. The zero-order valence-corrected chi connectivity index (χ0v) is 19.0. The number of likely N-dealkylation sites (tertiary alicyclic amines) is 2. The maximum absolute atomic E-state index is 13.1. The molecule has 6 rings (SSSR count). The van der Waals surface area contributed by atoms with E-state index in [1.54, 1.807) is 24.3 Å². The molecule has 36 heavy (non-hydrogen) atoms. The van der Waals surface area contributed by atoms with Crippen molar-refractivity contribution in [3.8, 4) is 5.75 Å². The maximum atomic E-state index is 13.1. The fraction of sp³-hybridized carbons (Fsp3) is 0.360. The fourth-order valence-electron chi connectivity index (χ4n) is 5.93. The molecular formula is C25H24F3N5O3. The topological polar surface area (TPSA) is 91.4 Å². The number of aromatic amines is 1. The molecule has 1 aliphatic carbocycles. The number of aromatic nitrogens is 3. The Morgan fingerprint density at radius 1 is 0.917 bits per heavy atom. The molecule has 8 nitrogen and oxygen atoms in total. The van der Waals surface area contributed by atoms with Crippen LogP contribution in [0.5, 0.6) is 5.75 Å². The Balaban J connectivity index is 0.00000280. The first-order valence-electron chi connectivity index (χ1n) is 11.7. The van der Waals surface area contributed by atoms with E-state index >= 15 is 0 Å². The van der Waals surface area contributed by atoms with Crippen molar-refractivity contribution in [1.82, 2.24) is 25.2 Å². The van der Waals surface area contributed by atoms with Crippen LogP contribution in [-0.2, 0) is 4.79 Å². The van der Waals surface area contributed by atoms with Crippen LogP contribution in [0.4, 0.5) is 13.2 Å². The van der Waals surface area contributed by atoms with Crippen LogP contribution in [0.15, 0.2) is 48.5 Å². The number of fused-ring (bicyclic) bond motifs is 5. The minimum absolute atomic E-state index is 0. The maximum Gasteiger partial charge on any atom is 0.573 e. The normalized spacial score (nSPS) is 25.2. The molecule has 2 saturated heterocycles. The van der Waals surface area contributed by atoms with Gasteiger partial charge in [-0.2, -0.15) is 15.4 Å². The number of alkyl halides is 3. The number of amides is 2. The predicted octanol–water partition coefficient (Wildman–Crippen LogP) is 3.59. The van der Waals surface area contributed by atoms with E-state index in [-0.39, 0.29) is 19.0 Å². The van der Waals surface area contributed by atoms with E-state index in [0.29, 0.717) is 72.0 Å². The second-order valence-electron chi connectivity index (χ2n) is 9.59. The van der Waals surface area contributed by atoms with Gasteiger partial charge in [-0.05, 0) is 65.6 Å². The molecule has 1 saturated carbocycles. The summed E-state index contributed by atoms with van der Waals surface area (Å²) in [6, 6.07) is 10.7. The SMILES string of the molecule is O=C(/C=C/c1ccc(OC(F)(F)F)cc1)N1CC2[C@@H](C1)[C@@H]1CN(C(=O)c3ccc4n[nH]nc4c3)C[C@H]21.[HH]. The molecular weight excluding hydrogens is 475 g/mol. The van der Waals surface area contributed by atoms with E-state index in [4.69, 9.17) is 0 Å². The fourth-order valence-corrected chi connectivity index (χ4v) is 5.93. The van der Waals surface area contributed by atoms with Gasteiger partial charge in [0.05, 0.1) is 0 Å². The highest BCUT2D eigenvalue weighted by Gasteiger charge is 2.59. The Labute approximate surface area is 205 Å². The van der Waals surface area contributed by atoms with Gasteiger partial charge in [0.25, 0.3) is 5.91 Å². The van der Waals surface area contributed by atoms with Crippen LogP contribution in [0, 0.1) is 23.7 Å². The molecule has 1 N–H and O–H groups in total. The van der Waals surface area contributed by atoms with E-state index in [1.807, 2.05) is 9.80 Å². The third-order valence-electron chi connectivity index (χ3n) is 7.62. The second kappa shape index (κ2) is 8.35. The smallest absolute Gasteiger partial charge is 0.406 e. The zero-order valence-electron chi connectivity index (χ0n) is 19.0. The van der Waals surface area contributed by atoms with E-state index in [0.717, 1.165) is 0 Å². The highest BCUT2D eigenvalue weighted by atomic mass is 19.4. The number of ether oxygens (including phenoxy) is 1. The van der Waals surface area contributed by atoms with Gasteiger partial charge in [0.15, 0.2) is 0 Å². The van der Waals surface area contributed by atoms with Crippen LogP contribution in [-0.4, -0.2) is 69.6 Å². The lowest BCUT2D eigenvalue weighted by Crippen LogP contribution is -2.44. The molecule has 3 aliphatic rings. The number of carbonyl (C=O) groups is 2. The van der Waals surface area contributed by atoms with Crippen molar-refractivity contribution in [1.29, 1.82) is 0 Å². The third kappa shape index (κ3) is 4.08. The molecule has 2 aromatic carbocycles. The number of H-pyrrole nitrogens is 1. The largest absolute Gasteiger partial charge is 0.573 e. The summed E-state index contributed by atoms with van der Waals surface area (Å²) in [5.41, 5.74) is 2.58. The Bertz CT molecular complexity index is 1340. The molecule has 2 amide bonds. The Hall–Kier alpha value is -3.89. The summed E-state index contributed by atoms with van der Waals surface area (Å²) >= 11 is 0. The van der Waals surface area contributed by atoms with E-state index in [2.05, 4.69) is 20.1 Å². The molecule has 0 bridgehead atoms. The van der Waals surface area contributed by atoms with Gasteiger partial charge in [-0.1, -0.05) is 12.1 Å². The predicted molar refractivity (Wildman–Crippen MR) is 125 cm³/mol. The van der Waals surface area contributed by atoms with Gasteiger partial charge >= 0.3 is 6.36 Å². The van der Waals surface area contributed by atoms with Gasteiger partial charge in [-0.15, -0.1) is 13.2 Å². The molecule has 2 aliphatic heterocycles. The standard InChI is InChI=1S/C25H22F3N5O3.H2/c26-25(27,28)36-16-5-1-14(2-6-16)3-8-23(34)32-10-17-18(11-32)20-13-33(12-19(17)20)24(35)15-4-7-21-22(9-15)30-31-29-21;/h1-9,17-20H,10-13H2,(H,29,30,31);1H/b8-3+;/t17-,18?,19+,20-;/m1./s1. The minimum atomic E-state index is -4.74. The summed E-state index contributed by atoms with van der Waals surface area (Å²) in [5.74, 6) is 1.10. The van der Waals surface area contributed by atoms with Crippen LogP contribution < -0.4 is 4.74 Å². The van der Waals surface area contributed by atoms with Crippen LogP contribution in [0.2, 0.25) is 0 Å². The molecule has 3 fully saturated rings. The van der Waals surface area contributed by atoms with Gasteiger partial charge in [0, 0.05) is 39.2 Å². The van der Waals surface area contributed by atoms with Crippen LogP contribution in [0.3, 0.4) is 0 Å². The van der Waals surface area contributed by atoms with Crippen molar-refractivity contribution >= 4 is 28.9 Å². The van der Waals surface area contributed by atoms with Crippen LogP contribution >= 0.6 is 0 Å². The van der Waals surface area contributed by atoms with Gasteiger partial charge < -0.3 is 14.5 Å². The quantitative estimate of drug-likeness (QED) is 0.554. The lowest BCUT2D eigenvalue weighted by molar-refractivity contribution is -0.274. The Kier molecular flexibility index (Phi) is 5.24. The van der Waals surface area contributed by atoms with Gasteiger partial charge in [-0.25, -0.2) is 0 Å². The first-order chi connectivity index (χ1) is 17.2. The number of rotatable bonds is 4. The lowest BCUT2D eigenvalue weighted by Gasteiger charge is -2.42. The Morgan fingerprint density at radius 2 is 1.53 bits per heavy atom. The van der Waals surface area contributed by atoms with Crippen molar-refractivity contribution in [2.75, 3.05) is 26.2 Å². The number of nitrogens with one attached hydrogen (secondary N) is 1. The average Bonchev–Trinajstić information content (AvgIpc) is 3.56. The lowest BCUT2D eigenvalue weighted by atomic mass is 9.60. The van der Waals surface area contributed by atoms with E-state index in [9.17, 15) is 22.8 Å². The van der Waals surface area contributed by atoms with Crippen molar-refractivity contribution in [3.63, 3.8) is 0 Å². The van der Waals surface area contributed by atoms with Gasteiger partial charge in [0.2, 0.25) is 5.91 Å². The molecule has 4 atom stereocenters. The molecule has 11 heteroatoms. The third-order valence-corrected chi connectivity index (χ3v) is 7.62. The summed E-state index contributed by atoms with van der Waals surface area (Å²) < 4.78 is 40.7. The number of halogens is 3. The first kappa shape index (κ1) is 22.6. The number of nitrogens with zero attached hydrogens (tertiary/aromatic N) is 4. The van der Waals surface area contributed by atoms with Crippen LogP contribution in [0.25, 0.3) is 17.1 Å². The molecule has 3 aromatic rings. The molecule has 3 heterocycles. The number of carbonyl (C=O) groups excluding carboxylic acids is 2. The highest BCUT2D eigenvalue weighted by Crippen LogP contribution is 2.54. The zero-order chi connectivity index (χ0) is 25.0. The second-order valence-corrected chi connectivity index (χ2v) is 9.59. The molecule has 1 aromatic heterocycles. The van der Waals surface area contributed by atoms with E-state index in [1.165, 1.54) is 30.3 Å². The number of hydrogen-bond acceptors (Lipinski definition) is 5. The monoisotopic (exact) mass is 499 g/mol.